The summed E-state index contributed by atoms with van der Waals surface area (Å²) in [6, 6.07) is 38.3. The van der Waals surface area contributed by atoms with Crippen molar-refractivity contribution >= 4 is 35.0 Å². The highest BCUT2D eigenvalue weighted by molar-refractivity contribution is 8.01. The van der Waals surface area contributed by atoms with E-state index >= 15 is 0 Å². The Kier molecular flexibility index (Phi) is 8.64. The molecule has 5 nitrogen and oxygen atoms in total. The normalized spacial score (nSPS) is 11.0. The van der Waals surface area contributed by atoms with E-state index in [9.17, 15) is 9.59 Å². The monoisotopic (exact) mass is 509 g/mol. The second-order valence-electron chi connectivity index (χ2n) is 8.80. The van der Waals surface area contributed by atoms with E-state index in [1.807, 2.05) is 97.9 Å². The first-order valence-electron chi connectivity index (χ1n) is 12.1. The third-order valence-electron chi connectivity index (χ3n) is 6.07. The first-order valence-corrected chi connectivity index (χ1v) is 13.1. The number of nitrogens with zero attached hydrogens (tertiary/aromatic N) is 1. The number of hydrogen-bond acceptors (Lipinski definition) is 4. The summed E-state index contributed by atoms with van der Waals surface area (Å²) in [7, 11) is 3.84. The van der Waals surface area contributed by atoms with Gasteiger partial charge in [-0.25, -0.2) is 0 Å². The maximum absolute atomic E-state index is 13.0. The van der Waals surface area contributed by atoms with Crippen LogP contribution >= 0.6 is 11.8 Å². The Morgan fingerprint density at radius 2 is 1.14 bits per heavy atom. The number of para-hydroxylation sites is 2. The summed E-state index contributed by atoms with van der Waals surface area (Å²) < 4.78 is -0.589. The Labute approximate surface area is 222 Å². The molecule has 2 N–H and O–H groups in total. The molecule has 0 aliphatic carbocycles. The van der Waals surface area contributed by atoms with Crippen LogP contribution in [0.25, 0.3) is 0 Å². The smallest absolute Gasteiger partial charge is 0.243 e. The zero-order chi connectivity index (χ0) is 26.1. The highest BCUT2D eigenvalue weighted by Gasteiger charge is 2.37. The molecular formula is C31H31N3O2S. The summed E-state index contributed by atoms with van der Waals surface area (Å²) in [6.07, 6.45) is 0. The Balaban J connectivity index is 1.52. The fourth-order valence-electron chi connectivity index (χ4n) is 4.34. The van der Waals surface area contributed by atoms with Crippen molar-refractivity contribution in [3.05, 3.63) is 132 Å². The summed E-state index contributed by atoms with van der Waals surface area (Å²) >= 11 is 1.55. The molecule has 188 valence electrons. The van der Waals surface area contributed by atoms with Crippen LogP contribution in [0.5, 0.6) is 0 Å². The van der Waals surface area contributed by atoms with Crippen molar-refractivity contribution in [3.8, 4) is 0 Å². The van der Waals surface area contributed by atoms with Crippen LogP contribution in [0, 0.1) is 0 Å². The topological polar surface area (TPSA) is 61.4 Å². The molecule has 2 amide bonds. The van der Waals surface area contributed by atoms with Gasteiger partial charge in [-0.2, -0.15) is 0 Å². The van der Waals surface area contributed by atoms with Gasteiger partial charge in [0.1, 0.15) is 0 Å². The lowest BCUT2D eigenvalue weighted by molar-refractivity contribution is -0.122. The first-order chi connectivity index (χ1) is 18.0. The molecule has 0 spiro atoms. The number of amides is 2. The van der Waals surface area contributed by atoms with E-state index in [0.29, 0.717) is 5.69 Å². The molecule has 0 heterocycles. The van der Waals surface area contributed by atoms with Gasteiger partial charge in [0, 0.05) is 14.1 Å². The molecule has 0 aliphatic rings. The van der Waals surface area contributed by atoms with Crippen LogP contribution < -0.4 is 15.5 Å². The molecule has 37 heavy (non-hydrogen) atoms. The molecule has 0 aliphatic heterocycles. The van der Waals surface area contributed by atoms with Gasteiger partial charge in [0.15, 0.2) is 0 Å². The van der Waals surface area contributed by atoms with Crippen molar-refractivity contribution < 1.29 is 9.59 Å². The van der Waals surface area contributed by atoms with Gasteiger partial charge in [-0.15, -0.1) is 11.8 Å². The molecule has 4 aromatic rings. The Bertz CT molecular complexity index is 1220. The van der Waals surface area contributed by atoms with Crippen LogP contribution in [-0.2, 0) is 14.3 Å². The molecule has 4 aromatic carbocycles. The maximum atomic E-state index is 13.0. The number of carbonyl (C=O) groups is 2. The van der Waals surface area contributed by atoms with Crippen molar-refractivity contribution in [2.24, 2.45) is 0 Å². The van der Waals surface area contributed by atoms with Gasteiger partial charge in [0.25, 0.3) is 0 Å². The van der Waals surface area contributed by atoms with Gasteiger partial charge in [0.05, 0.1) is 28.4 Å². The first kappa shape index (κ1) is 26.0. The number of anilines is 2. The van der Waals surface area contributed by atoms with Crippen LogP contribution in [0.2, 0.25) is 0 Å². The number of rotatable bonds is 10. The van der Waals surface area contributed by atoms with E-state index in [-0.39, 0.29) is 24.1 Å². The summed E-state index contributed by atoms with van der Waals surface area (Å²) in [6.45, 7) is -0.101. The molecule has 0 fully saturated rings. The van der Waals surface area contributed by atoms with E-state index in [0.717, 1.165) is 22.4 Å². The van der Waals surface area contributed by atoms with Crippen molar-refractivity contribution in [2.45, 2.75) is 4.75 Å². The largest absolute Gasteiger partial charge is 0.376 e. The molecule has 6 heteroatoms. The van der Waals surface area contributed by atoms with Gasteiger partial charge >= 0.3 is 0 Å². The predicted molar refractivity (Wildman–Crippen MR) is 154 cm³/mol. The molecule has 0 radical (unpaired) electrons. The lowest BCUT2D eigenvalue weighted by atomic mass is 9.84. The SMILES string of the molecule is CN(C)c1ccccc1NC(=O)CNC(=O)CSC(c1ccccc1)(c1ccccc1)c1ccccc1. The summed E-state index contributed by atoms with van der Waals surface area (Å²) in [5.41, 5.74) is 4.86. The Morgan fingerprint density at radius 3 is 1.62 bits per heavy atom. The van der Waals surface area contributed by atoms with E-state index < -0.39 is 4.75 Å². The van der Waals surface area contributed by atoms with Crippen molar-refractivity contribution in [3.63, 3.8) is 0 Å². The lowest BCUT2D eigenvalue weighted by Gasteiger charge is -2.35. The molecule has 0 saturated carbocycles. The Morgan fingerprint density at radius 1 is 0.676 bits per heavy atom. The van der Waals surface area contributed by atoms with Crippen molar-refractivity contribution in [1.29, 1.82) is 0 Å². The molecule has 0 atom stereocenters. The molecule has 0 aromatic heterocycles. The minimum Gasteiger partial charge on any atom is -0.376 e. The molecule has 0 unspecified atom stereocenters. The van der Waals surface area contributed by atoms with Crippen molar-refractivity contribution in [1.82, 2.24) is 5.32 Å². The molecule has 0 bridgehead atoms. The van der Waals surface area contributed by atoms with E-state index in [1.165, 1.54) is 0 Å². The van der Waals surface area contributed by atoms with Gasteiger partial charge in [-0.05, 0) is 28.8 Å². The fraction of sp³-hybridized carbons (Fsp3) is 0.161. The molecule has 4 rings (SSSR count). The van der Waals surface area contributed by atoms with E-state index in [2.05, 4.69) is 47.0 Å². The number of benzene rings is 4. The van der Waals surface area contributed by atoms with Crippen LogP contribution in [0.4, 0.5) is 11.4 Å². The molecule has 0 saturated heterocycles. The van der Waals surface area contributed by atoms with Gasteiger partial charge in [0.2, 0.25) is 11.8 Å². The van der Waals surface area contributed by atoms with Crippen LogP contribution in [0.15, 0.2) is 115 Å². The van der Waals surface area contributed by atoms with Gasteiger partial charge < -0.3 is 15.5 Å². The molecular weight excluding hydrogens is 478 g/mol. The second kappa shape index (κ2) is 12.3. The highest BCUT2D eigenvalue weighted by Crippen LogP contribution is 2.48. The minimum absolute atomic E-state index is 0.101. The number of nitrogens with one attached hydrogen (secondary N) is 2. The zero-order valence-electron chi connectivity index (χ0n) is 21.1. The summed E-state index contributed by atoms with van der Waals surface area (Å²) in [5, 5.41) is 5.69. The zero-order valence-corrected chi connectivity index (χ0v) is 21.9. The van der Waals surface area contributed by atoms with E-state index in [1.54, 1.807) is 11.8 Å². The fourth-order valence-corrected chi connectivity index (χ4v) is 5.69. The van der Waals surface area contributed by atoms with Gasteiger partial charge in [-0.3, -0.25) is 9.59 Å². The summed E-state index contributed by atoms with van der Waals surface area (Å²) in [5.74, 6) is -0.290. The lowest BCUT2D eigenvalue weighted by Crippen LogP contribution is -2.36. The van der Waals surface area contributed by atoms with Gasteiger partial charge in [-0.1, -0.05) is 103 Å². The average Bonchev–Trinajstić information content (AvgIpc) is 2.94. The third-order valence-corrected chi connectivity index (χ3v) is 7.61. The maximum Gasteiger partial charge on any atom is 0.243 e. The van der Waals surface area contributed by atoms with Crippen LogP contribution in [-0.4, -0.2) is 38.2 Å². The number of hydrogen-bond donors (Lipinski definition) is 2. The standard InChI is InChI=1S/C31H31N3O2S/c1-34(2)28-21-13-12-20-27(28)33-29(35)22-32-30(36)23-37-31(24-14-6-3-7-15-24,25-16-8-4-9-17-25)26-18-10-5-11-19-26/h3-21H,22-23H2,1-2H3,(H,32,36)(H,33,35). The third kappa shape index (κ3) is 6.22. The Hall–Kier alpha value is -4.03. The van der Waals surface area contributed by atoms with Crippen LogP contribution in [0.1, 0.15) is 16.7 Å². The predicted octanol–water partition coefficient (Wildman–Crippen LogP) is 5.53. The van der Waals surface area contributed by atoms with E-state index in [4.69, 9.17) is 0 Å². The number of thioether (sulfide) groups is 1. The average molecular weight is 510 g/mol. The summed E-state index contributed by atoms with van der Waals surface area (Å²) in [4.78, 5) is 27.5. The van der Waals surface area contributed by atoms with Crippen molar-refractivity contribution in [2.75, 3.05) is 36.6 Å². The highest BCUT2D eigenvalue weighted by atomic mass is 32.2. The number of carbonyl (C=O) groups excluding carboxylic acids is 2. The second-order valence-corrected chi connectivity index (χ2v) is 9.99. The van der Waals surface area contributed by atoms with Crippen LogP contribution in [0.3, 0.4) is 0 Å². The quantitative estimate of drug-likeness (QED) is 0.276. The minimum atomic E-state index is -0.589.